The number of anilines is 1. The predicted octanol–water partition coefficient (Wildman–Crippen LogP) is 3.04. The molecular formula is C19H18N4O3. The van der Waals surface area contributed by atoms with Crippen molar-refractivity contribution in [2.45, 2.75) is 26.8 Å². The zero-order valence-corrected chi connectivity index (χ0v) is 14.7. The molecule has 4 heterocycles. The second-order valence-corrected chi connectivity index (χ2v) is 6.62. The number of hydrogen-bond acceptors (Lipinski definition) is 7. The number of hydrogen-bond donors (Lipinski definition) is 0. The Kier molecular flexibility index (Phi) is 3.34. The summed E-state index contributed by atoms with van der Waals surface area (Å²) in [7, 11) is 0. The van der Waals surface area contributed by atoms with Crippen molar-refractivity contribution < 1.29 is 14.0 Å². The van der Waals surface area contributed by atoms with Crippen LogP contribution >= 0.6 is 0 Å². The molecule has 0 amide bonds. The second-order valence-electron chi connectivity index (χ2n) is 6.62. The van der Waals surface area contributed by atoms with Crippen LogP contribution in [0.3, 0.4) is 0 Å². The molecule has 5 rings (SSSR count). The van der Waals surface area contributed by atoms with E-state index in [-0.39, 0.29) is 6.79 Å². The highest BCUT2D eigenvalue weighted by Crippen LogP contribution is 2.38. The summed E-state index contributed by atoms with van der Waals surface area (Å²) in [6, 6.07) is 7.83. The van der Waals surface area contributed by atoms with Crippen LogP contribution in [-0.2, 0) is 13.0 Å². The summed E-state index contributed by atoms with van der Waals surface area (Å²) in [6.45, 7) is 5.72. The first-order valence-electron chi connectivity index (χ1n) is 8.62. The van der Waals surface area contributed by atoms with Crippen molar-refractivity contribution in [2.24, 2.45) is 0 Å². The van der Waals surface area contributed by atoms with Gasteiger partial charge in [0.15, 0.2) is 11.5 Å². The van der Waals surface area contributed by atoms with Crippen molar-refractivity contribution >= 4 is 5.95 Å². The molecule has 0 fully saturated rings. The van der Waals surface area contributed by atoms with Gasteiger partial charge in [-0.2, -0.15) is 0 Å². The summed E-state index contributed by atoms with van der Waals surface area (Å²) < 4.78 is 16.5. The predicted molar refractivity (Wildman–Crippen MR) is 94.3 cm³/mol. The molecular weight excluding hydrogens is 332 g/mol. The number of aryl methyl sites for hydroxylation is 2. The molecule has 0 aliphatic carbocycles. The Labute approximate surface area is 150 Å². The standard InChI is InChI=1S/C19H18N4O3/c1-11-7-12(2)21-19(20-11)23-6-5-15-14(9-23)18(22-26-15)13-3-4-16-17(8-13)25-10-24-16/h3-4,7-8H,5-6,9-10H2,1-2H3. The van der Waals surface area contributed by atoms with Crippen molar-refractivity contribution in [1.29, 1.82) is 0 Å². The van der Waals surface area contributed by atoms with Gasteiger partial charge in [-0.05, 0) is 38.1 Å². The first-order chi connectivity index (χ1) is 12.7. The zero-order valence-electron chi connectivity index (χ0n) is 14.7. The molecule has 0 saturated heterocycles. The Balaban J connectivity index is 1.51. The lowest BCUT2D eigenvalue weighted by Crippen LogP contribution is -2.31. The highest BCUT2D eigenvalue weighted by Gasteiger charge is 2.27. The summed E-state index contributed by atoms with van der Waals surface area (Å²) in [5.74, 6) is 3.19. The maximum atomic E-state index is 5.60. The second kappa shape index (κ2) is 5.72. The summed E-state index contributed by atoms with van der Waals surface area (Å²) >= 11 is 0. The van der Waals surface area contributed by atoms with Crippen LogP contribution in [0.15, 0.2) is 28.8 Å². The summed E-state index contributed by atoms with van der Waals surface area (Å²) in [6.07, 6.45) is 0.781. The Hall–Kier alpha value is -3.09. The Bertz CT molecular complexity index is 978. The van der Waals surface area contributed by atoms with Gasteiger partial charge in [-0.1, -0.05) is 5.16 Å². The number of nitrogens with zero attached hydrogens (tertiary/aromatic N) is 4. The van der Waals surface area contributed by atoms with Crippen molar-refractivity contribution in [3.8, 4) is 22.8 Å². The third-order valence-electron chi connectivity index (χ3n) is 4.73. The van der Waals surface area contributed by atoms with E-state index >= 15 is 0 Å². The molecule has 2 aromatic heterocycles. The molecule has 0 N–H and O–H groups in total. The van der Waals surface area contributed by atoms with Crippen LogP contribution in [0.4, 0.5) is 5.95 Å². The lowest BCUT2D eigenvalue weighted by molar-refractivity contribution is 0.174. The van der Waals surface area contributed by atoms with Crippen molar-refractivity contribution in [3.63, 3.8) is 0 Å². The minimum absolute atomic E-state index is 0.257. The van der Waals surface area contributed by atoms with E-state index < -0.39 is 0 Å². The molecule has 3 aromatic rings. The van der Waals surface area contributed by atoms with E-state index in [4.69, 9.17) is 14.0 Å². The van der Waals surface area contributed by atoms with Crippen molar-refractivity contribution in [3.05, 3.63) is 47.0 Å². The van der Waals surface area contributed by atoms with Gasteiger partial charge >= 0.3 is 0 Å². The maximum Gasteiger partial charge on any atom is 0.231 e. The normalized spacial score (nSPS) is 15.2. The lowest BCUT2D eigenvalue weighted by atomic mass is 10.0. The van der Waals surface area contributed by atoms with Crippen molar-refractivity contribution in [1.82, 2.24) is 15.1 Å². The fourth-order valence-electron chi connectivity index (χ4n) is 3.50. The monoisotopic (exact) mass is 350 g/mol. The zero-order chi connectivity index (χ0) is 17.7. The molecule has 132 valence electrons. The quantitative estimate of drug-likeness (QED) is 0.703. The van der Waals surface area contributed by atoms with Gasteiger partial charge in [-0.15, -0.1) is 0 Å². The summed E-state index contributed by atoms with van der Waals surface area (Å²) in [5.41, 5.74) is 4.83. The van der Waals surface area contributed by atoms with Crippen LogP contribution in [0.25, 0.3) is 11.3 Å². The third-order valence-corrected chi connectivity index (χ3v) is 4.73. The van der Waals surface area contributed by atoms with Gasteiger partial charge in [-0.25, -0.2) is 9.97 Å². The van der Waals surface area contributed by atoms with Crippen LogP contribution in [0, 0.1) is 13.8 Å². The molecule has 0 bridgehead atoms. The van der Waals surface area contributed by atoms with Gasteiger partial charge in [0.1, 0.15) is 11.5 Å². The van der Waals surface area contributed by atoms with Crippen LogP contribution in [-0.4, -0.2) is 28.5 Å². The summed E-state index contributed by atoms with van der Waals surface area (Å²) in [5, 5.41) is 4.32. The molecule has 7 nitrogen and oxygen atoms in total. The Morgan fingerprint density at radius 3 is 2.65 bits per heavy atom. The molecule has 2 aliphatic heterocycles. The molecule has 26 heavy (non-hydrogen) atoms. The van der Waals surface area contributed by atoms with Crippen LogP contribution in [0.1, 0.15) is 22.7 Å². The first-order valence-corrected chi connectivity index (χ1v) is 8.62. The molecule has 0 atom stereocenters. The average Bonchev–Trinajstić information content (AvgIpc) is 3.26. The maximum absolute atomic E-state index is 5.60. The highest BCUT2D eigenvalue weighted by atomic mass is 16.7. The number of ether oxygens (including phenoxy) is 2. The summed E-state index contributed by atoms with van der Waals surface area (Å²) in [4.78, 5) is 11.4. The molecule has 0 unspecified atom stereocenters. The van der Waals surface area contributed by atoms with Gasteiger partial charge < -0.3 is 18.9 Å². The molecule has 0 saturated carbocycles. The topological polar surface area (TPSA) is 73.5 Å². The molecule has 0 radical (unpaired) electrons. The van der Waals surface area contributed by atoms with Gasteiger partial charge in [0, 0.05) is 35.5 Å². The lowest BCUT2D eigenvalue weighted by Gasteiger charge is -2.26. The molecule has 7 heteroatoms. The van der Waals surface area contributed by atoms with E-state index in [1.54, 1.807) is 0 Å². The van der Waals surface area contributed by atoms with E-state index in [2.05, 4.69) is 20.0 Å². The number of rotatable bonds is 2. The van der Waals surface area contributed by atoms with Gasteiger partial charge in [0.25, 0.3) is 0 Å². The molecule has 1 aromatic carbocycles. The van der Waals surface area contributed by atoms with E-state index in [9.17, 15) is 0 Å². The third kappa shape index (κ3) is 2.47. The molecule has 2 aliphatic rings. The fraction of sp³-hybridized carbons (Fsp3) is 0.316. The van der Waals surface area contributed by atoms with Crippen molar-refractivity contribution in [2.75, 3.05) is 18.2 Å². The van der Waals surface area contributed by atoms with E-state index in [1.165, 1.54) is 0 Å². The molecule has 0 spiro atoms. The van der Waals surface area contributed by atoms with E-state index in [0.717, 1.165) is 64.4 Å². The Morgan fingerprint density at radius 1 is 1.00 bits per heavy atom. The van der Waals surface area contributed by atoms with Gasteiger partial charge in [0.05, 0.1) is 6.54 Å². The highest BCUT2D eigenvalue weighted by molar-refractivity contribution is 5.68. The average molecular weight is 350 g/mol. The smallest absolute Gasteiger partial charge is 0.231 e. The van der Waals surface area contributed by atoms with Crippen LogP contribution < -0.4 is 14.4 Å². The SMILES string of the molecule is Cc1cc(C)nc(N2CCc3onc(-c4ccc5c(c4)OCO5)c3C2)n1. The largest absolute Gasteiger partial charge is 0.454 e. The van der Waals surface area contributed by atoms with E-state index in [0.29, 0.717) is 6.54 Å². The fourth-order valence-corrected chi connectivity index (χ4v) is 3.50. The minimum Gasteiger partial charge on any atom is -0.454 e. The minimum atomic E-state index is 0.257. The van der Waals surface area contributed by atoms with Crippen LogP contribution in [0.5, 0.6) is 11.5 Å². The number of benzene rings is 1. The Morgan fingerprint density at radius 2 is 1.81 bits per heavy atom. The van der Waals surface area contributed by atoms with Crippen LogP contribution in [0.2, 0.25) is 0 Å². The van der Waals surface area contributed by atoms with E-state index in [1.807, 2.05) is 38.1 Å². The number of aromatic nitrogens is 3. The first kappa shape index (κ1) is 15.2. The van der Waals surface area contributed by atoms with Gasteiger partial charge in [-0.3, -0.25) is 0 Å². The number of fused-ring (bicyclic) bond motifs is 2. The van der Waals surface area contributed by atoms with Gasteiger partial charge in [0.2, 0.25) is 12.7 Å².